The van der Waals surface area contributed by atoms with Crippen molar-refractivity contribution >= 4 is 41.7 Å². The Kier molecular flexibility index (Phi) is 10.2. The van der Waals surface area contributed by atoms with Gasteiger partial charge in [0, 0.05) is 12.2 Å². The number of carbonyl (C=O) groups is 1. The van der Waals surface area contributed by atoms with Crippen LogP contribution in [0.15, 0.2) is 59.6 Å². The summed E-state index contributed by atoms with van der Waals surface area (Å²) in [4.78, 5) is 15.8. The topological polar surface area (TPSA) is 74.8 Å². The molecule has 6 nitrogen and oxygen atoms in total. The maximum Gasteiger partial charge on any atom is 0.411 e. The van der Waals surface area contributed by atoms with Crippen molar-refractivity contribution in [3.8, 4) is 0 Å². The first kappa shape index (κ1) is 22.8. The van der Waals surface area contributed by atoms with Crippen molar-refractivity contribution < 1.29 is 9.53 Å². The lowest BCUT2D eigenvalue weighted by molar-refractivity contribution is 0.187. The van der Waals surface area contributed by atoms with E-state index < -0.39 is 6.09 Å². The molecule has 27 heavy (non-hydrogen) atoms. The zero-order valence-electron chi connectivity index (χ0n) is 15.9. The molecule has 0 aliphatic rings. The molecular formula is C20H27IN4O2. The average Bonchev–Trinajstić information content (AvgIpc) is 2.68. The van der Waals surface area contributed by atoms with E-state index in [-0.39, 0.29) is 30.0 Å². The summed E-state index contributed by atoms with van der Waals surface area (Å²) in [7, 11) is 1.34. The summed E-state index contributed by atoms with van der Waals surface area (Å²) in [5, 5.41) is 9.31. The second-order valence-corrected chi connectivity index (χ2v) is 5.79. The molecule has 2 aromatic rings. The summed E-state index contributed by atoms with van der Waals surface area (Å²) >= 11 is 0. The molecule has 0 aliphatic carbocycles. The minimum Gasteiger partial charge on any atom is -0.453 e. The fraction of sp³-hybridized carbons (Fsp3) is 0.300. The second-order valence-electron chi connectivity index (χ2n) is 5.79. The quantitative estimate of drug-likeness (QED) is 0.326. The maximum atomic E-state index is 11.2. The van der Waals surface area contributed by atoms with Crippen molar-refractivity contribution in [2.45, 2.75) is 26.4 Å². The molecule has 0 saturated carbocycles. The lowest BCUT2D eigenvalue weighted by Gasteiger charge is -2.18. The molecule has 0 spiro atoms. The fourth-order valence-electron chi connectivity index (χ4n) is 2.38. The molecule has 1 amide bonds. The highest BCUT2D eigenvalue weighted by Gasteiger charge is 2.07. The fourth-order valence-corrected chi connectivity index (χ4v) is 2.38. The lowest BCUT2D eigenvalue weighted by atomic mass is 10.1. The summed E-state index contributed by atoms with van der Waals surface area (Å²) < 4.78 is 4.58. The summed E-state index contributed by atoms with van der Waals surface area (Å²) in [6, 6.07) is 17.9. The molecule has 0 aromatic heterocycles. The lowest BCUT2D eigenvalue weighted by Crippen LogP contribution is -2.38. The van der Waals surface area contributed by atoms with Gasteiger partial charge in [-0.05, 0) is 37.1 Å². The van der Waals surface area contributed by atoms with E-state index in [2.05, 4.69) is 44.7 Å². The third kappa shape index (κ3) is 7.86. The number of benzene rings is 2. The van der Waals surface area contributed by atoms with Crippen molar-refractivity contribution in [1.29, 1.82) is 0 Å². The Bertz CT molecular complexity index is 721. The van der Waals surface area contributed by atoms with E-state index in [4.69, 9.17) is 0 Å². The molecule has 0 bridgehead atoms. The number of ether oxygens (including phenoxy) is 1. The summed E-state index contributed by atoms with van der Waals surface area (Å²) in [6.07, 6.45) is -0.482. The van der Waals surface area contributed by atoms with Crippen LogP contribution in [0.25, 0.3) is 0 Å². The molecule has 0 radical (unpaired) electrons. The maximum absolute atomic E-state index is 11.2. The molecule has 2 rings (SSSR count). The van der Waals surface area contributed by atoms with Gasteiger partial charge < -0.3 is 15.4 Å². The Labute approximate surface area is 177 Å². The zero-order valence-corrected chi connectivity index (χ0v) is 18.2. The van der Waals surface area contributed by atoms with Crippen molar-refractivity contribution in [2.75, 3.05) is 19.0 Å². The zero-order chi connectivity index (χ0) is 18.8. The first-order chi connectivity index (χ1) is 12.6. The van der Waals surface area contributed by atoms with Gasteiger partial charge >= 0.3 is 6.09 Å². The summed E-state index contributed by atoms with van der Waals surface area (Å²) in [5.41, 5.74) is 2.94. The smallest absolute Gasteiger partial charge is 0.411 e. The van der Waals surface area contributed by atoms with Crippen LogP contribution in [0.4, 0.5) is 10.5 Å². The van der Waals surface area contributed by atoms with Gasteiger partial charge in [0.2, 0.25) is 0 Å². The molecule has 0 saturated heterocycles. The van der Waals surface area contributed by atoms with Gasteiger partial charge in [-0.2, -0.15) is 0 Å². The van der Waals surface area contributed by atoms with Crippen LogP contribution in [-0.2, 0) is 11.3 Å². The van der Waals surface area contributed by atoms with Crippen LogP contribution in [0.2, 0.25) is 0 Å². The van der Waals surface area contributed by atoms with E-state index in [9.17, 15) is 4.79 Å². The van der Waals surface area contributed by atoms with Crippen molar-refractivity contribution in [3.05, 3.63) is 65.7 Å². The first-order valence-corrected chi connectivity index (χ1v) is 8.66. The minimum absolute atomic E-state index is 0. The summed E-state index contributed by atoms with van der Waals surface area (Å²) in [5.74, 6) is 0.764. The highest BCUT2D eigenvalue weighted by atomic mass is 127. The highest BCUT2D eigenvalue weighted by Crippen LogP contribution is 2.12. The number of nitrogens with zero attached hydrogens (tertiary/aromatic N) is 1. The third-order valence-electron chi connectivity index (χ3n) is 3.80. The number of amides is 1. The number of nitrogens with one attached hydrogen (secondary N) is 3. The van der Waals surface area contributed by atoms with Gasteiger partial charge in [0.1, 0.15) is 0 Å². The second kappa shape index (κ2) is 12.2. The van der Waals surface area contributed by atoms with Crippen molar-refractivity contribution in [2.24, 2.45) is 4.99 Å². The molecule has 1 atom stereocenters. The van der Waals surface area contributed by atoms with Crippen molar-refractivity contribution in [3.63, 3.8) is 0 Å². The first-order valence-electron chi connectivity index (χ1n) is 8.66. The molecule has 0 heterocycles. The van der Waals surface area contributed by atoms with Gasteiger partial charge in [0.15, 0.2) is 5.96 Å². The van der Waals surface area contributed by atoms with Gasteiger partial charge in [0.25, 0.3) is 0 Å². The SMILES string of the molecule is CCNC(=NCc1ccc(NC(=O)OC)cc1)NC(C)c1ccccc1.I. The van der Waals surface area contributed by atoms with Crippen molar-refractivity contribution in [1.82, 2.24) is 10.6 Å². The predicted octanol–water partition coefficient (Wildman–Crippen LogP) is 4.30. The van der Waals surface area contributed by atoms with Gasteiger partial charge in [-0.3, -0.25) is 5.32 Å². The standard InChI is InChI=1S/C20H26N4O2.HI/c1-4-21-19(23-15(2)17-8-6-5-7-9-17)22-14-16-10-12-18(13-11-16)24-20(25)26-3;/h5-13,15H,4,14H2,1-3H3,(H,24,25)(H2,21,22,23);1H. The van der Waals surface area contributed by atoms with Crippen LogP contribution in [-0.4, -0.2) is 25.7 Å². The Hall–Kier alpha value is -2.29. The summed E-state index contributed by atoms with van der Waals surface area (Å²) in [6.45, 7) is 5.47. The van der Waals surface area contributed by atoms with Gasteiger partial charge in [0.05, 0.1) is 19.7 Å². The van der Waals surface area contributed by atoms with Gasteiger partial charge in [-0.25, -0.2) is 9.79 Å². The van der Waals surface area contributed by atoms with Crippen LogP contribution >= 0.6 is 24.0 Å². The number of hydrogen-bond donors (Lipinski definition) is 3. The molecule has 0 aliphatic heterocycles. The molecule has 0 fully saturated rings. The van der Waals surface area contributed by atoms with E-state index in [1.165, 1.54) is 12.7 Å². The number of aliphatic imine (C=N–C) groups is 1. The number of halogens is 1. The molecule has 7 heteroatoms. The number of rotatable bonds is 6. The van der Waals surface area contributed by atoms with E-state index in [1.54, 1.807) is 0 Å². The Morgan fingerprint density at radius 1 is 1.11 bits per heavy atom. The Morgan fingerprint density at radius 3 is 2.37 bits per heavy atom. The van der Waals surface area contributed by atoms with Crippen LogP contribution in [0, 0.1) is 0 Å². The van der Waals surface area contributed by atoms with Crippen LogP contribution < -0.4 is 16.0 Å². The third-order valence-corrected chi connectivity index (χ3v) is 3.80. The van der Waals surface area contributed by atoms with E-state index in [0.717, 1.165) is 18.1 Å². The predicted molar refractivity (Wildman–Crippen MR) is 121 cm³/mol. The Morgan fingerprint density at radius 2 is 1.78 bits per heavy atom. The van der Waals surface area contributed by atoms with Gasteiger partial charge in [-0.15, -0.1) is 24.0 Å². The Balaban J connectivity index is 0.00000364. The largest absolute Gasteiger partial charge is 0.453 e. The number of guanidine groups is 1. The van der Waals surface area contributed by atoms with Crippen LogP contribution in [0.3, 0.4) is 0 Å². The average molecular weight is 482 g/mol. The van der Waals surface area contributed by atoms with E-state index in [0.29, 0.717) is 12.2 Å². The molecule has 1 unspecified atom stereocenters. The van der Waals surface area contributed by atoms with E-state index in [1.807, 2.05) is 49.4 Å². The number of hydrogen-bond acceptors (Lipinski definition) is 3. The number of anilines is 1. The molecule has 3 N–H and O–H groups in total. The number of carbonyl (C=O) groups excluding carboxylic acids is 1. The van der Waals surface area contributed by atoms with Crippen LogP contribution in [0.1, 0.15) is 31.0 Å². The molecular weight excluding hydrogens is 455 g/mol. The van der Waals surface area contributed by atoms with Gasteiger partial charge in [-0.1, -0.05) is 42.5 Å². The van der Waals surface area contributed by atoms with E-state index >= 15 is 0 Å². The minimum atomic E-state index is -0.482. The normalized spacial score (nSPS) is 11.7. The number of methoxy groups -OCH3 is 1. The molecule has 146 valence electrons. The monoisotopic (exact) mass is 482 g/mol. The highest BCUT2D eigenvalue weighted by molar-refractivity contribution is 14.0. The molecule has 2 aromatic carbocycles. The van der Waals surface area contributed by atoms with Crippen LogP contribution in [0.5, 0.6) is 0 Å².